The lowest BCUT2D eigenvalue weighted by atomic mass is 9.87. The van der Waals surface area contributed by atoms with Gasteiger partial charge in [0.15, 0.2) is 0 Å². The summed E-state index contributed by atoms with van der Waals surface area (Å²) in [6.07, 6.45) is 5.49. The first-order valence-corrected chi connectivity index (χ1v) is 9.41. The third-order valence-electron chi connectivity index (χ3n) is 5.49. The van der Waals surface area contributed by atoms with Crippen LogP contribution in [0.25, 0.3) is 0 Å². The summed E-state index contributed by atoms with van der Waals surface area (Å²) in [7, 11) is 1.91. The fourth-order valence-corrected chi connectivity index (χ4v) is 3.92. The van der Waals surface area contributed by atoms with E-state index in [2.05, 4.69) is 18.5 Å². The standard InChI is InChI=1S/C22H27FN2O2/c1-4-15-12-13-25(22(26)20-11-10-18(24-3)14-27-20)21(19(15)5-2)16-6-8-17(23)9-7-16/h4-9,18,20-21,24H,1-2,10-14H2,3H3/t18?,20?,21-/m0/s1. The van der Waals surface area contributed by atoms with Crippen LogP contribution in [-0.4, -0.2) is 43.2 Å². The van der Waals surface area contributed by atoms with Gasteiger partial charge in [0.25, 0.3) is 5.91 Å². The van der Waals surface area contributed by atoms with Gasteiger partial charge in [-0.25, -0.2) is 4.39 Å². The second-order valence-corrected chi connectivity index (χ2v) is 7.01. The molecule has 0 spiro atoms. The zero-order valence-corrected chi connectivity index (χ0v) is 15.8. The number of carbonyl (C=O) groups excluding carboxylic acids is 1. The summed E-state index contributed by atoms with van der Waals surface area (Å²) >= 11 is 0. The molecule has 5 heteroatoms. The minimum Gasteiger partial charge on any atom is -0.367 e. The van der Waals surface area contributed by atoms with Gasteiger partial charge >= 0.3 is 0 Å². The first-order valence-electron chi connectivity index (χ1n) is 9.41. The number of likely N-dealkylation sites (N-methyl/N-ethyl adjacent to an activating group) is 1. The lowest BCUT2D eigenvalue weighted by Gasteiger charge is -2.40. The maximum atomic E-state index is 13.4. The molecule has 4 nitrogen and oxygen atoms in total. The van der Waals surface area contributed by atoms with Crippen molar-refractivity contribution in [3.63, 3.8) is 0 Å². The molecular formula is C22H27FN2O2. The summed E-state index contributed by atoms with van der Waals surface area (Å²) in [5.41, 5.74) is 2.88. The van der Waals surface area contributed by atoms with Gasteiger partial charge in [-0.15, -0.1) is 0 Å². The molecule has 1 fully saturated rings. The summed E-state index contributed by atoms with van der Waals surface area (Å²) < 4.78 is 19.3. The molecule has 2 aliphatic rings. The predicted molar refractivity (Wildman–Crippen MR) is 105 cm³/mol. The highest BCUT2D eigenvalue weighted by Crippen LogP contribution is 2.38. The monoisotopic (exact) mass is 370 g/mol. The second kappa shape index (κ2) is 8.63. The lowest BCUT2D eigenvalue weighted by Crippen LogP contribution is -2.49. The van der Waals surface area contributed by atoms with Crippen molar-refractivity contribution < 1.29 is 13.9 Å². The van der Waals surface area contributed by atoms with Crippen molar-refractivity contribution in [1.82, 2.24) is 10.2 Å². The van der Waals surface area contributed by atoms with Gasteiger partial charge in [-0.05, 0) is 55.2 Å². The molecule has 2 aliphatic heterocycles. The molecule has 0 aliphatic carbocycles. The molecule has 1 aromatic rings. The van der Waals surface area contributed by atoms with Crippen LogP contribution in [0.5, 0.6) is 0 Å². The van der Waals surface area contributed by atoms with Crippen LogP contribution in [0.1, 0.15) is 30.9 Å². The molecule has 0 aromatic heterocycles. The van der Waals surface area contributed by atoms with E-state index in [1.54, 1.807) is 18.2 Å². The van der Waals surface area contributed by atoms with Gasteiger partial charge in [-0.1, -0.05) is 37.4 Å². The van der Waals surface area contributed by atoms with Gasteiger partial charge in [-0.2, -0.15) is 0 Å². The number of halogens is 1. The number of ether oxygens (including phenoxy) is 1. The van der Waals surface area contributed by atoms with E-state index in [1.165, 1.54) is 12.1 Å². The van der Waals surface area contributed by atoms with E-state index >= 15 is 0 Å². The van der Waals surface area contributed by atoms with Crippen LogP contribution in [0.3, 0.4) is 0 Å². The molecule has 1 saturated heterocycles. The van der Waals surface area contributed by atoms with Gasteiger partial charge in [0.1, 0.15) is 11.9 Å². The van der Waals surface area contributed by atoms with Crippen molar-refractivity contribution in [3.05, 3.63) is 72.1 Å². The highest BCUT2D eigenvalue weighted by Gasteiger charge is 2.37. The van der Waals surface area contributed by atoms with Crippen LogP contribution < -0.4 is 5.32 Å². The molecule has 27 heavy (non-hydrogen) atoms. The Labute approximate surface area is 160 Å². The number of allylic oxidation sites excluding steroid dienone is 1. The number of nitrogens with one attached hydrogen (secondary N) is 1. The molecule has 1 amide bonds. The van der Waals surface area contributed by atoms with Crippen LogP contribution in [0.2, 0.25) is 0 Å². The average molecular weight is 370 g/mol. The molecule has 0 bridgehead atoms. The molecule has 0 saturated carbocycles. The van der Waals surface area contributed by atoms with Crippen molar-refractivity contribution in [1.29, 1.82) is 0 Å². The van der Waals surface area contributed by atoms with Crippen molar-refractivity contribution in [2.24, 2.45) is 0 Å². The maximum Gasteiger partial charge on any atom is 0.252 e. The largest absolute Gasteiger partial charge is 0.367 e. The third kappa shape index (κ3) is 4.04. The summed E-state index contributed by atoms with van der Waals surface area (Å²) in [5, 5.41) is 3.20. The Kier molecular flexibility index (Phi) is 6.24. The van der Waals surface area contributed by atoms with Crippen molar-refractivity contribution >= 4 is 5.91 Å². The molecule has 1 N–H and O–H groups in total. The lowest BCUT2D eigenvalue weighted by molar-refractivity contribution is -0.149. The van der Waals surface area contributed by atoms with Crippen molar-refractivity contribution in [3.8, 4) is 0 Å². The van der Waals surface area contributed by atoms with Gasteiger partial charge < -0.3 is 15.0 Å². The number of hydrogen-bond acceptors (Lipinski definition) is 3. The zero-order valence-electron chi connectivity index (χ0n) is 15.8. The average Bonchev–Trinajstić information content (AvgIpc) is 2.72. The number of rotatable bonds is 5. The fourth-order valence-electron chi connectivity index (χ4n) is 3.92. The molecule has 2 unspecified atom stereocenters. The molecule has 3 rings (SSSR count). The van der Waals surface area contributed by atoms with E-state index in [1.807, 2.05) is 18.0 Å². The van der Waals surface area contributed by atoms with Crippen molar-refractivity contribution in [2.45, 2.75) is 37.5 Å². The Bertz CT molecular complexity index is 733. The Morgan fingerprint density at radius 3 is 2.56 bits per heavy atom. The summed E-state index contributed by atoms with van der Waals surface area (Å²) in [4.78, 5) is 15.1. The van der Waals surface area contributed by atoms with Gasteiger partial charge in [0.05, 0.1) is 12.6 Å². The molecular weight excluding hydrogens is 343 g/mol. The highest BCUT2D eigenvalue weighted by molar-refractivity contribution is 5.82. The summed E-state index contributed by atoms with van der Waals surface area (Å²) in [6.45, 7) is 8.96. The van der Waals surface area contributed by atoms with Gasteiger partial charge in [-0.3, -0.25) is 4.79 Å². The number of amides is 1. The third-order valence-corrected chi connectivity index (χ3v) is 5.49. The molecule has 1 aromatic carbocycles. The maximum absolute atomic E-state index is 13.4. The van der Waals surface area contributed by atoms with Crippen molar-refractivity contribution in [2.75, 3.05) is 20.2 Å². The van der Waals surface area contributed by atoms with E-state index in [-0.39, 0.29) is 17.8 Å². The molecule has 3 atom stereocenters. The minimum atomic E-state index is -0.436. The Morgan fingerprint density at radius 1 is 1.26 bits per heavy atom. The van der Waals surface area contributed by atoms with Crippen LogP contribution in [0.4, 0.5) is 4.39 Å². The Morgan fingerprint density at radius 2 is 2.00 bits per heavy atom. The highest BCUT2D eigenvalue weighted by atomic mass is 19.1. The van der Waals surface area contributed by atoms with Crippen LogP contribution >= 0.6 is 0 Å². The SMILES string of the molecule is C=CC1=C(C=C)[C@H](c2ccc(F)cc2)N(C(=O)C2CCC(NC)CO2)CC1. The smallest absolute Gasteiger partial charge is 0.252 e. The number of nitrogens with zero attached hydrogens (tertiary/aromatic N) is 1. The fraction of sp³-hybridized carbons (Fsp3) is 0.409. The van der Waals surface area contributed by atoms with Gasteiger partial charge in [0, 0.05) is 12.6 Å². The van der Waals surface area contributed by atoms with E-state index < -0.39 is 6.10 Å². The minimum absolute atomic E-state index is 0.0126. The predicted octanol–water partition coefficient (Wildman–Crippen LogP) is 3.53. The normalized spacial score (nSPS) is 26.0. The Balaban J connectivity index is 1.91. The second-order valence-electron chi connectivity index (χ2n) is 7.01. The number of hydrogen-bond donors (Lipinski definition) is 1. The van der Waals surface area contributed by atoms with Gasteiger partial charge in [0.2, 0.25) is 0 Å². The van der Waals surface area contributed by atoms with Crippen LogP contribution in [0, 0.1) is 5.82 Å². The van der Waals surface area contributed by atoms with E-state index in [0.29, 0.717) is 25.6 Å². The molecule has 2 heterocycles. The van der Waals surface area contributed by atoms with E-state index in [0.717, 1.165) is 29.6 Å². The van der Waals surface area contributed by atoms with Crippen LogP contribution in [-0.2, 0) is 9.53 Å². The number of carbonyl (C=O) groups is 1. The quantitative estimate of drug-likeness (QED) is 0.862. The first kappa shape index (κ1) is 19.5. The zero-order chi connectivity index (χ0) is 19.4. The topological polar surface area (TPSA) is 41.6 Å². The van der Waals surface area contributed by atoms with E-state index in [9.17, 15) is 9.18 Å². The summed E-state index contributed by atoms with van der Waals surface area (Å²) in [6, 6.07) is 6.30. The number of benzene rings is 1. The Hall–Kier alpha value is -2.24. The molecule has 0 radical (unpaired) electrons. The van der Waals surface area contributed by atoms with E-state index in [4.69, 9.17) is 4.74 Å². The first-order chi connectivity index (χ1) is 13.1. The van der Waals surface area contributed by atoms with Crippen LogP contribution in [0.15, 0.2) is 60.7 Å². The molecule has 144 valence electrons. The summed E-state index contributed by atoms with van der Waals surface area (Å²) in [5.74, 6) is -0.310.